The zero-order chi connectivity index (χ0) is 10.7. The van der Waals surface area contributed by atoms with Crippen LogP contribution in [0.1, 0.15) is 23.0 Å². The second-order valence-corrected chi connectivity index (χ2v) is 3.29. The van der Waals surface area contributed by atoms with E-state index in [4.69, 9.17) is 0 Å². The average Bonchev–Trinajstić information content (AvgIpc) is 2.87. The van der Waals surface area contributed by atoms with E-state index in [1.807, 2.05) is 28.6 Å². The molecule has 0 saturated carbocycles. The number of carbonyl (C=O) groups excluding carboxylic acids is 1. The lowest BCUT2D eigenvalue weighted by Crippen LogP contribution is -1.96. The first-order valence-electron chi connectivity index (χ1n) is 4.80. The average molecular weight is 204 g/mol. The molecule has 0 fully saturated rings. The van der Waals surface area contributed by atoms with Crippen molar-refractivity contribution in [3.63, 3.8) is 0 Å². The van der Waals surface area contributed by atoms with E-state index in [0.29, 0.717) is 12.2 Å². The van der Waals surface area contributed by atoms with Crippen LogP contribution in [0.5, 0.6) is 0 Å². The molecular weight excluding hydrogens is 192 g/mol. The van der Waals surface area contributed by atoms with E-state index in [1.54, 1.807) is 12.5 Å². The number of rotatable bonds is 4. The molecular formula is C10H12N4O. The Labute approximate surface area is 87.4 Å². The van der Waals surface area contributed by atoms with Gasteiger partial charge in [-0.2, -0.15) is 5.10 Å². The van der Waals surface area contributed by atoms with E-state index < -0.39 is 0 Å². The predicted octanol–water partition coefficient (Wildman–Crippen LogP) is 0.960. The fourth-order valence-corrected chi connectivity index (χ4v) is 1.40. The summed E-state index contributed by atoms with van der Waals surface area (Å²) >= 11 is 0. The van der Waals surface area contributed by atoms with Gasteiger partial charge in [-0.3, -0.25) is 9.48 Å². The van der Waals surface area contributed by atoms with Crippen molar-refractivity contribution in [3.05, 3.63) is 36.2 Å². The number of aromatic nitrogens is 4. The first-order chi connectivity index (χ1) is 7.31. The largest absolute Gasteiger partial charge is 0.332 e. The third-order valence-corrected chi connectivity index (χ3v) is 2.15. The highest BCUT2D eigenvalue weighted by molar-refractivity contribution is 5.70. The van der Waals surface area contributed by atoms with Crippen LogP contribution in [0.2, 0.25) is 0 Å². The van der Waals surface area contributed by atoms with Gasteiger partial charge in [0.1, 0.15) is 5.69 Å². The van der Waals surface area contributed by atoms with Gasteiger partial charge in [-0.1, -0.05) is 0 Å². The number of imidazole rings is 1. The van der Waals surface area contributed by atoms with Gasteiger partial charge in [0.2, 0.25) is 0 Å². The maximum atomic E-state index is 10.4. The molecule has 0 aliphatic heterocycles. The van der Waals surface area contributed by atoms with Crippen LogP contribution in [0.3, 0.4) is 0 Å². The van der Waals surface area contributed by atoms with Crippen LogP contribution in [-0.4, -0.2) is 25.6 Å². The summed E-state index contributed by atoms with van der Waals surface area (Å²) in [4.78, 5) is 14.4. The van der Waals surface area contributed by atoms with E-state index in [-0.39, 0.29) is 0 Å². The second-order valence-electron chi connectivity index (χ2n) is 3.29. The first kappa shape index (κ1) is 9.64. The van der Waals surface area contributed by atoms with Crippen LogP contribution in [0.25, 0.3) is 0 Å². The van der Waals surface area contributed by atoms with Crippen molar-refractivity contribution in [2.75, 3.05) is 0 Å². The highest BCUT2D eigenvalue weighted by Crippen LogP contribution is 2.02. The SMILES string of the molecule is CCn1cc(Cn2cnc(C=O)c2)cn1. The molecule has 0 unspecified atom stereocenters. The number of hydrogen-bond donors (Lipinski definition) is 0. The molecule has 0 aliphatic carbocycles. The number of aldehydes is 1. The van der Waals surface area contributed by atoms with E-state index in [9.17, 15) is 4.79 Å². The molecule has 0 radical (unpaired) electrons. The van der Waals surface area contributed by atoms with Crippen LogP contribution in [0.15, 0.2) is 24.9 Å². The minimum absolute atomic E-state index is 0.456. The molecule has 15 heavy (non-hydrogen) atoms. The normalized spacial score (nSPS) is 10.5. The molecule has 2 aromatic rings. The summed E-state index contributed by atoms with van der Waals surface area (Å²) in [5.74, 6) is 0. The van der Waals surface area contributed by atoms with E-state index in [1.165, 1.54) is 0 Å². The van der Waals surface area contributed by atoms with Gasteiger partial charge in [0.15, 0.2) is 6.29 Å². The third kappa shape index (κ3) is 2.12. The van der Waals surface area contributed by atoms with Crippen LogP contribution in [-0.2, 0) is 13.1 Å². The number of hydrogen-bond acceptors (Lipinski definition) is 3. The van der Waals surface area contributed by atoms with Crippen LogP contribution in [0, 0.1) is 0 Å². The van der Waals surface area contributed by atoms with Crippen molar-refractivity contribution >= 4 is 6.29 Å². The standard InChI is InChI=1S/C10H12N4O/c1-2-14-5-9(3-12-14)4-13-6-10(7-15)11-8-13/h3,5-8H,2,4H2,1H3. The van der Waals surface area contributed by atoms with Gasteiger partial charge in [0.05, 0.1) is 19.1 Å². The summed E-state index contributed by atoms with van der Waals surface area (Å²) in [6.45, 7) is 3.60. The number of nitrogens with zero attached hydrogens (tertiary/aromatic N) is 4. The topological polar surface area (TPSA) is 52.7 Å². The molecule has 0 bridgehead atoms. The molecule has 5 heteroatoms. The fraction of sp³-hybridized carbons (Fsp3) is 0.300. The summed E-state index contributed by atoms with van der Waals surface area (Å²) in [5, 5.41) is 4.17. The molecule has 5 nitrogen and oxygen atoms in total. The van der Waals surface area contributed by atoms with Crippen molar-refractivity contribution in [1.82, 2.24) is 19.3 Å². The van der Waals surface area contributed by atoms with E-state index >= 15 is 0 Å². The number of aryl methyl sites for hydroxylation is 1. The summed E-state index contributed by atoms with van der Waals surface area (Å²) < 4.78 is 3.73. The van der Waals surface area contributed by atoms with Crippen molar-refractivity contribution in [1.29, 1.82) is 0 Å². The maximum Gasteiger partial charge on any atom is 0.169 e. The van der Waals surface area contributed by atoms with Gasteiger partial charge in [0.25, 0.3) is 0 Å². The molecule has 2 heterocycles. The first-order valence-corrected chi connectivity index (χ1v) is 4.80. The molecule has 0 amide bonds. The summed E-state index contributed by atoms with van der Waals surface area (Å²) in [7, 11) is 0. The monoisotopic (exact) mass is 204 g/mol. The molecule has 0 aliphatic rings. The van der Waals surface area contributed by atoms with Gasteiger partial charge in [0, 0.05) is 24.5 Å². The highest BCUT2D eigenvalue weighted by Gasteiger charge is 2.00. The lowest BCUT2D eigenvalue weighted by molar-refractivity contribution is 0.111. The molecule has 0 N–H and O–H groups in total. The summed E-state index contributed by atoms with van der Waals surface area (Å²) in [6.07, 6.45) is 7.92. The van der Waals surface area contributed by atoms with Crippen molar-refractivity contribution in [2.45, 2.75) is 20.0 Å². The van der Waals surface area contributed by atoms with Gasteiger partial charge in [-0.05, 0) is 6.92 Å². The molecule has 0 aromatic carbocycles. The Hall–Kier alpha value is -1.91. The van der Waals surface area contributed by atoms with Crippen LogP contribution in [0.4, 0.5) is 0 Å². The molecule has 0 saturated heterocycles. The minimum atomic E-state index is 0.456. The van der Waals surface area contributed by atoms with Crippen LogP contribution < -0.4 is 0 Å². The molecule has 2 rings (SSSR count). The Bertz CT molecular complexity index is 457. The zero-order valence-electron chi connectivity index (χ0n) is 8.50. The third-order valence-electron chi connectivity index (χ3n) is 2.15. The molecule has 0 spiro atoms. The van der Waals surface area contributed by atoms with Gasteiger partial charge in [-0.15, -0.1) is 0 Å². The summed E-state index contributed by atoms with van der Waals surface area (Å²) in [5.41, 5.74) is 1.56. The van der Waals surface area contributed by atoms with Crippen molar-refractivity contribution in [2.24, 2.45) is 0 Å². The van der Waals surface area contributed by atoms with Gasteiger partial charge in [-0.25, -0.2) is 4.98 Å². The maximum absolute atomic E-state index is 10.4. The Morgan fingerprint density at radius 3 is 2.93 bits per heavy atom. The lowest BCUT2D eigenvalue weighted by Gasteiger charge is -1.97. The zero-order valence-corrected chi connectivity index (χ0v) is 8.50. The highest BCUT2D eigenvalue weighted by atomic mass is 16.1. The fourth-order valence-electron chi connectivity index (χ4n) is 1.40. The quantitative estimate of drug-likeness (QED) is 0.697. The Morgan fingerprint density at radius 2 is 2.33 bits per heavy atom. The Balaban J connectivity index is 2.10. The predicted molar refractivity (Wildman–Crippen MR) is 54.6 cm³/mol. The Kier molecular flexibility index (Phi) is 2.62. The van der Waals surface area contributed by atoms with E-state index in [2.05, 4.69) is 10.1 Å². The summed E-state index contributed by atoms with van der Waals surface area (Å²) in [6, 6.07) is 0. The molecule has 78 valence electrons. The van der Waals surface area contributed by atoms with E-state index in [0.717, 1.165) is 18.4 Å². The second kappa shape index (κ2) is 4.08. The van der Waals surface area contributed by atoms with Crippen molar-refractivity contribution < 1.29 is 4.79 Å². The van der Waals surface area contributed by atoms with Gasteiger partial charge >= 0.3 is 0 Å². The van der Waals surface area contributed by atoms with Crippen LogP contribution >= 0.6 is 0 Å². The Morgan fingerprint density at radius 1 is 1.47 bits per heavy atom. The minimum Gasteiger partial charge on any atom is -0.332 e. The van der Waals surface area contributed by atoms with Crippen molar-refractivity contribution in [3.8, 4) is 0 Å². The van der Waals surface area contributed by atoms with Gasteiger partial charge < -0.3 is 4.57 Å². The smallest absolute Gasteiger partial charge is 0.169 e. The molecule has 2 aromatic heterocycles. The number of carbonyl (C=O) groups is 1. The lowest BCUT2D eigenvalue weighted by atomic mass is 10.3. The molecule has 0 atom stereocenters.